The fourth-order valence-electron chi connectivity index (χ4n) is 10.2. The summed E-state index contributed by atoms with van der Waals surface area (Å²) in [6, 6.07) is 12.1. The number of phenols is 1. The molecule has 17 heteroatoms. The van der Waals surface area contributed by atoms with Crippen molar-refractivity contribution in [1.29, 1.82) is 0 Å². The number of ketones is 1. The number of Topliss-reactive ketones (excluding diaryl/α,β-unsaturated/α-hetero) is 1. The van der Waals surface area contributed by atoms with Crippen LogP contribution in [-0.2, 0) is 65.7 Å². The zero-order chi connectivity index (χ0) is 50.9. The lowest BCUT2D eigenvalue weighted by molar-refractivity contribution is -0.155. The third-order valence-corrected chi connectivity index (χ3v) is 13.8. The Hall–Kier alpha value is -6.98. The molecule has 5 aromatic rings. The molecule has 5 atom stereocenters. The van der Waals surface area contributed by atoms with Crippen LogP contribution in [0.15, 0.2) is 73.2 Å². The number of fused-ring (bicyclic) bond motifs is 6. The van der Waals surface area contributed by atoms with Crippen LogP contribution in [0.5, 0.6) is 5.75 Å². The normalized spacial score (nSPS) is 20.4. The first-order valence-electron chi connectivity index (χ1n) is 24.5. The first-order valence-corrected chi connectivity index (χ1v) is 24.5. The Bertz CT molecular complexity index is 2880. The Morgan fingerprint density at radius 1 is 1.01 bits per heavy atom. The Morgan fingerprint density at radius 3 is 2.51 bits per heavy atom. The largest absolute Gasteiger partial charge is 0.508 e. The van der Waals surface area contributed by atoms with Crippen molar-refractivity contribution in [3.63, 3.8) is 0 Å². The first kappa shape index (κ1) is 50.4. The fraction of sp³-hybridized carbons (Fsp3) is 0.444. The molecule has 6 bridgehead atoms. The van der Waals surface area contributed by atoms with Gasteiger partial charge in [-0.15, -0.1) is 0 Å². The molecule has 3 aromatic heterocycles. The second kappa shape index (κ2) is 20.8. The molecule has 2 aromatic carbocycles. The Kier molecular flexibility index (Phi) is 14.7. The minimum Gasteiger partial charge on any atom is -0.508 e. The number of nitrogens with one attached hydrogen (secondary N) is 3. The number of aromatic hydroxyl groups is 1. The second-order valence-corrected chi connectivity index (χ2v) is 20.1. The number of amides is 3. The van der Waals surface area contributed by atoms with Crippen LogP contribution in [-0.4, -0.2) is 123 Å². The third kappa shape index (κ3) is 10.7. The van der Waals surface area contributed by atoms with Crippen LogP contribution in [0.3, 0.4) is 0 Å². The molecule has 2 fully saturated rings. The van der Waals surface area contributed by atoms with E-state index in [2.05, 4.69) is 76.5 Å². The number of hydrogen-bond acceptors (Lipinski definition) is 13. The molecule has 2 saturated heterocycles. The highest BCUT2D eigenvalue weighted by molar-refractivity contribution is 5.99. The van der Waals surface area contributed by atoms with Crippen molar-refractivity contribution < 1.29 is 43.3 Å². The number of cyclic esters (lactones) is 1. The number of aryl methyl sites for hydroxylation is 2. The molecular formula is C54H64N8O9. The molecule has 3 amide bonds. The minimum atomic E-state index is -1.21. The Labute approximate surface area is 413 Å². The molecule has 374 valence electrons. The summed E-state index contributed by atoms with van der Waals surface area (Å²) >= 11 is 0. The van der Waals surface area contributed by atoms with Gasteiger partial charge in [-0.3, -0.25) is 49.1 Å². The molecule has 0 unspecified atom stereocenters. The van der Waals surface area contributed by atoms with Gasteiger partial charge in [0.1, 0.15) is 35.6 Å². The van der Waals surface area contributed by atoms with Crippen molar-refractivity contribution >= 4 is 46.3 Å². The smallest absolute Gasteiger partial charge is 0.324 e. The minimum absolute atomic E-state index is 0.0155. The van der Waals surface area contributed by atoms with Crippen molar-refractivity contribution in [1.82, 2.24) is 40.5 Å². The lowest BCUT2D eigenvalue weighted by Crippen LogP contribution is -2.62. The first-order chi connectivity index (χ1) is 33.9. The molecule has 0 aliphatic carbocycles. The molecule has 3 aliphatic heterocycles. The quantitative estimate of drug-likeness (QED) is 0.0943. The number of pyridine rings is 2. The summed E-state index contributed by atoms with van der Waals surface area (Å²) in [4.78, 5) is 92.0. The fourth-order valence-corrected chi connectivity index (χ4v) is 10.2. The summed E-state index contributed by atoms with van der Waals surface area (Å²) < 4.78 is 13.1. The van der Waals surface area contributed by atoms with Crippen LogP contribution >= 0.6 is 0 Å². The van der Waals surface area contributed by atoms with Gasteiger partial charge in [0, 0.05) is 73.5 Å². The SMILES string of the molecule is CCc1ccncc1-c1c2c3cc(ccc3n1CC)-c1cc(O)cc(c1)C[C@H](NC(=O)[C@H](C(C)C)N(C)C(=O)c1ccc(CC(=O)[C@@H]3N[C@H]3C(=O)OC)cn1)C(=O)N1CCC[C@H](N1)C(=O)OCC(C)(C)C2. The number of carbonyl (C=O) groups is 6. The Balaban J connectivity index is 1.12. The maximum absolute atomic E-state index is 14.8. The number of hydrogen-bond donors (Lipinski definition) is 4. The topological polar surface area (TPSA) is 224 Å². The van der Waals surface area contributed by atoms with Gasteiger partial charge in [-0.1, -0.05) is 52.8 Å². The average Bonchev–Trinajstić information content (AvgIpc) is 4.11. The molecule has 0 saturated carbocycles. The molecule has 3 aliphatic rings. The number of carbonyl (C=O) groups excluding carboxylic acids is 6. The zero-order valence-electron chi connectivity index (χ0n) is 41.7. The van der Waals surface area contributed by atoms with Gasteiger partial charge >= 0.3 is 11.9 Å². The standard InChI is InChI=1S/C54H64N8O9/c1-9-33-17-18-55-28-39(33)48-38-26-54(5,6)29-71-52(68)41-12-11-19-62(59-41)51(67)42(22-32-20-35(24-36(63)21-32)34-14-16-43(37(38)25-34)61(48)10-2)57-49(65)47(30(3)4)60(7)50(66)40-15-13-31(27-56-40)23-44(64)45-46(58-45)53(69)70-8/h13-18,20-21,24-25,27-28,30,41-42,45-47,58-59,63H,9-12,19,22-23,26,29H2,1-8H3,(H,57,65)/t41-,42-,45-,46+,47-/m0/s1. The van der Waals surface area contributed by atoms with E-state index in [1.54, 1.807) is 32.0 Å². The van der Waals surface area contributed by atoms with E-state index in [9.17, 15) is 33.9 Å². The molecule has 71 heavy (non-hydrogen) atoms. The summed E-state index contributed by atoms with van der Waals surface area (Å²) in [6.45, 7) is 13.0. The lowest BCUT2D eigenvalue weighted by Gasteiger charge is -2.36. The molecule has 4 N–H and O–H groups in total. The van der Waals surface area contributed by atoms with Gasteiger partial charge < -0.3 is 29.4 Å². The highest BCUT2D eigenvalue weighted by Crippen LogP contribution is 2.41. The number of methoxy groups -OCH3 is 1. The maximum Gasteiger partial charge on any atom is 0.324 e. The maximum atomic E-state index is 14.8. The summed E-state index contributed by atoms with van der Waals surface area (Å²) in [5.74, 6) is -3.34. The van der Waals surface area contributed by atoms with Crippen LogP contribution in [0.1, 0.15) is 87.1 Å². The summed E-state index contributed by atoms with van der Waals surface area (Å²) in [5, 5.41) is 19.5. The van der Waals surface area contributed by atoms with E-state index >= 15 is 0 Å². The number of nitrogens with zero attached hydrogens (tertiary/aromatic N) is 5. The van der Waals surface area contributed by atoms with E-state index in [1.165, 1.54) is 36.3 Å². The summed E-state index contributed by atoms with van der Waals surface area (Å²) in [5.41, 5.74) is 10.6. The third-order valence-electron chi connectivity index (χ3n) is 13.8. The molecule has 6 heterocycles. The molecular weight excluding hydrogens is 905 g/mol. The monoisotopic (exact) mass is 968 g/mol. The van der Waals surface area contributed by atoms with E-state index in [0.717, 1.165) is 45.3 Å². The predicted molar refractivity (Wildman–Crippen MR) is 266 cm³/mol. The van der Waals surface area contributed by atoms with Crippen molar-refractivity contribution in [3.05, 3.63) is 101 Å². The van der Waals surface area contributed by atoms with E-state index in [0.29, 0.717) is 42.5 Å². The van der Waals surface area contributed by atoms with Gasteiger partial charge in [-0.05, 0) is 108 Å². The van der Waals surface area contributed by atoms with Gasteiger partial charge in [0.2, 0.25) is 5.91 Å². The van der Waals surface area contributed by atoms with Crippen molar-refractivity contribution in [2.24, 2.45) is 11.3 Å². The second-order valence-electron chi connectivity index (χ2n) is 20.1. The highest BCUT2D eigenvalue weighted by Gasteiger charge is 2.48. The van der Waals surface area contributed by atoms with Crippen LogP contribution < -0.4 is 16.1 Å². The van der Waals surface area contributed by atoms with Gasteiger partial charge in [0.05, 0.1) is 25.5 Å². The number of aromatic nitrogens is 3. The van der Waals surface area contributed by atoms with Gasteiger partial charge in [0.25, 0.3) is 11.8 Å². The zero-order valence-corrected chi connectivity index (χ0v) is 41.7. The van der Waals surface area contributed by atoms with Gasteiger partial charge in [0.15, 0.2) is 5.78 Å². The number of rotatable bonds is 12. The summed E-state index contributed by atoms with van der Waals surface area (Å²) in [6.07, 6.45) is 7.39. The number of benzene rings is 2. The number of ether oxygens (including phenoxy) is 2. The van der Waals surface area contributed by atoms with Crippen LogP contribution in [0, 0.1) is 11.3 Å². The Morgan fingerprint density at radius 2 is 1.80 bits per heavy atom. The summed E-state index contributed by atoms with van der Waals surface area (Å²) in [7, 11) is 2.75. The van der Waals surface area contributed by atoms with Gasteiger partial charge in [-0.25, -0.2) is 5.43 Å². The van der Waals surface area contributed by atoms with Crippen molar-refractivity contribution in [3.8, 4) is 28.1 Å². The van der Waals surface area contributed by atoms with E-state index < -0.39 is 71.2 Å². The number of esters is 2. The predicted octanol–water partition coefficient (Wildman–Crippen LogP) is 5.12. The molecule has 0 radical (unpaired) electrons. The van der Waals surface area contributed by atoms with E-state index in [1.807, 2.05) is 24.5 Å². The van der Waals surface area contributed by atoms with Crippen LogP contribution in [0.2, 0.25) is 0 Å². The number of hydrazine groups is 1. The van der Waals surface area contributed by atoms with E-state index in [-0.39, 0.29) is 43.2 Å². The highest BCUT2D eigenvalue weighted by atomic mass is 16.5. The lowest BCUT2D eigenvalue weighted by atomic mass is 9.84. The van der Waals surface area contributed by atoms with Crippen molar-refractivity contribution in [2.45, 2.75) is 117 Å². The van der Waals surface area contributed by atoms with Crippen molar-refractivity contribution in [2.75, 3.05) is 27.3 Å². The number of phenolic OH excluding ortho intramolecular Hbond substituents is 1. The molecule has 8 rings (SSSR count). The molecule has 0 spiro atoms. The van der Waals surface area contributed by atoms with E-state index in [4.69, 9.17) is 9.47 Å². The van der Waals surface area contributed by atoms with Crippen LogP contribution in [0.25, 0.3) is 33.3 Å². The average molecular weight is 969 g/mol. The van der Waals surface area contributed by atoms with Gasteiger partial charge in [-0.2, -0.15) is 0 Å². The molecule has 17 nitrogen and oxygen atoms in total. The number of likely N-dealkylation sites (N-methyl/N-ethyl adjacent to an activating group) is 1. The van der Waals surface area contributed by atoms with Crippen LogP contribution in [0.4, 0.5) is 0 Å².